The van der Waals surface area contributed by atoms with Crippen molar-refractivity contribution in [2.45, 2.75) is 0 Å². The molecule has 0 radical (unpaired) electrons. The monoisotopic (exact) mass is 264 g/mol. The SMILES string of the molecule is C=C.C=C.C=C.C=C.C=C.OCCO.OCCO. The highest BCUT2D eigenvalue weighted by atomic mass is 16.3. The molecule has 0 aliphatic rings. The average molecular weight is 264 g/mol. The van der Waals surface area contributed by atoms with Gasteiger partial charge in [-0.05, 0) is 0 Å². The molecule has 0 unspecified atom stereocenters. The van der Waals surface area contributed by atoms with Gasteiger partial charge >= 0.3 is 0 Å². The molecule has 0 aromatic heterocycles. The van der Waals surface area contributed by atoms with E-state index < -0.39 is 0 Å². The molecule has 0 saturated heterocycles. The Bertz CT molecular complexity index is 51.2. The third-order valence-corrected chi connectivity index (χ3v) is 0.200. The van der Waals surface area contributed by atoms with Gasteiger partial charge in [-0.1, -0.05) is 0 Å². The lowest BCUT2D eigenvalue weighted by Gasteiger charge is -1.70. The number of aliphatic hydroxyl groups is 4. The molecule has 0 fully saturated rings. The predicted molar refractivity (Wildman–Crippen MR) is 84.6 cm³/mol. The molecule has 0 rings (SSSR count). The van der Waals surface area contributed by atoms with Crippen LogP contribution in [0.25, 0.3) is 0 Å². The maximum Gasteiger partial charge on any atom is 0.0662 e. The van der Waals surface area contributed by atoms with Crippen molar-refractivity contribution < 1.29 is 20.4 Å². The van der Waals surface area contributed by atoms with Crippen molar-refractivity contribution >= 4 is 0 Å². The molecule has 4 nitrogen and oxygen atoms in total. The van der Waals surface area contributed by atoms with E-state index in [0.29, 0.717) is 0 Å². The van der Waals surface area contributed by atoms with Crippen LogP contribution in [0.1, 0.15) is 0 Å². The summed E-state index contributed by atoms with van der Waals surface area (Å²) >= 11 is 0. The normalized spacial score (nSPS) is 4.44. The summed E-state index contributed by atoms with van der Waals surface area (Å²) in [5.74, 6) is 0. The van der Waals surface area contributed by atoms with E-state index in [1.165, 1.54) is 0 Å². The van der Waals surface area contributed by atoms with Gasteiger partial charge in [-0.3, -0.25) is 0 Å². The van der Waals surface area contributed by atoms with Gasteiger partial charge in [0.25, 0.3) is 0 Å². The Labute approximate surface area is 113 Å². The first-order valence-corrected chi connectivity index (χ1v) is 4.76. The third kappa shape index (κ3) is 9140. The molecule has 0 atom stereocenters. The molecule has 0 aromatic carbocycles. The zero-order chi connectivity index (χ0) is 16.8. The Morgan fingerprint density at radius 3 is 0.389 bits per heavy atom. The van der Waals surface area contributed by atoms with Crippen LogP contribution in [0.4, 0.5) is 0 Å². The molecular weight excluding hydrogens is 232 g/mol. The number of rotatable bonds is 2. The van der Waals surface area contributed by atoms with Crippen molar-refractivity contribution in [2.24, 2.45) is 0 Å². The zero-order valence-corrected chi connectivity index (χ0v) is 11.7. The van der Waals surface area contributed by atoms with Crippen molar-refractivity contribution in [1.29, 1.82) is 0 Å². The topological polar surface area (TPSA) is 80.9 Å². The molecular formula is C14H32O4. The summed E-state index contributed by atoms with van der Waals surface area (Å²) in [6.07, 6.45) is 0. The van der Waals surface area contributed by atoms with Gasteiger partial charge < -0.3 is 20.4 Å². The zero-order valence-electron chi connectivity index (χ0n) is 11.7. The van der Waals surface area contributed by atoms with E-state index in [9.17, 15) is 0 Å². The van der Waals surface area contributed by atoms with Gasteiger partial charge in [-0.25, -0.2) is 0 Å². The molecule has 0 heterocycles. The summed E-state index contributed by atoms with van der Waals surface area (Å²) in [4.78, 5) is 0. The minimum Gasteiger partial charge on any atom is -0.394 e. The largest absolute Gasteiger partial charge is 0.394 e. The summed E-state index contributed by atoms with van der Waals surface area (Å²) in [5.41, 5.74) is 0. The molecule has 0 aliphatic heterocycles. The van der Waals surface area contributed by atoms with Crippen molar-refractivity contribution in [3.05, 3.63) is 65.8 Å². The van der Waals surface area contributed by atoms with Crippen LogP contribution >= 0.6 is 0 Å². The summed E-state index contributed by atoms with van der Waals surface area (Å²) in [6.45, 7) is 29.5. The summed E-state index contributed by atoms with van der Waals surface area (Å²) < 4.78 is 0. The van der Waals surface area contributed by atoms with Gasteiger partial charge in [0.05, 0.1) is 26.4 Å². The lowest BCUT2D eigenvalue weighted by molar-refractivity contribution is 0.186. The minimum atomic E-state index is -0.125. The van der Waals surface area contributed by atoms with Crippen molar-refractivity contribution in [2.75, 3.05) is 26.4 Å². The molecule has 0 amide bonds. The highest BCUT2D eigenvalue weighted by Crippen LogP contribution is 1.40. The lowest BCUT2D eigenvalue weighted by Crippen LogP contribution is -1.85. The van der Waals surface area contributed by atoms with E-state index in [-0.39, 0.29) is 26.4 Å². The van der Waals surface area contributed by atoms with Gasteiger partial charge in [0.2, 0.25) is 0 Å². The fourth-order valence-corrected chi connectivity index (χ4v) is 0. The second-order valence-electron chi connectivity index (χ2n) is 0.894. The summed E-state index contributed by atoms with van der Waals surface area (Å²) in [7, 11) is 0. The van der Waals surface area contributed by atoms with Gasteiger partial charge in [0.1, 0.15) is 0 Å². The summed E-state index contributed by atoms with van der Waals surface area (Å²) in [6, 6.07) is 0. The van der Waals surface area contributed by atoms with Crippen LogP contribution in [0.3, 0.4) is 0 Å². The Hall–Kier alpha value is -1.46. The van der Waals surface area contributed by atoms with Gasteiger partial charge in [-0.15, -0.1) is 65.8 Å². The molecule has 112 valence electrons. The molecule has 0 aliphatic carbocycles. The molecule has 0 aromatic rings. The third-order valence-electron chi connectivity index (χ3n) is 0.200. The molecule has 0 spiro atoms. The molecule has 0 saturated carbocycles. The smallest absolute Gasteiger partial charge is 0.0662 e. The fourth-order valence-electron chi connectivity index (χ4n) is 0. The van der Waals surface area contributed by atoms with Gasteiger partial charge in [0.15, 0.2) is 0 Å². The van der Waals surface area contributed by atoms with Crippen molar-refractivity contribution in [3.8, 4) is 0 Å². The maximum atomic E-state index is 7.62. The van der Waals surface area contributed by atoms with Crippen LogP contribution in [0, 0.1) is 0 Å². The van der Waals surface area contributed by atoms with Crippen molar-refractivity contribution in [3.63, 3.8) is 0 Å². The fraction of sp³-hybridized carbons (Fsp3) is 0.286. The maximum absolute atomic E-state index is 7.62. The number of hydrogen-bond acceptors (Lipinski definition) is 4. The first kappa shape index (κ1) is 43.9. The standard InChI is InChI=1S/2C2H6O2.5C2H4/c2*3-1-2-4;5*1-2/h2*3-4H,1-2H2;5*1-2H2. The van der Waals surface area contributed by atoms with E-state index in [1.807, 2.05) is 0 Å². The Balaban J connectivity index is -0.0000000163. The van der Waals surface area contributed by atoms with E-state index in [2.05, 4.69) is 65.8 Å². The van der Waals surface area contributed by atoms with E-state index >= 15 is 0 Å². The first-order chi connectivity index (χ1) is 8.83. The van der Waals surface area contributed by atoms with E-state index in [1.54, 1.807) is 0 Å². The second-order valence-corrected chi connectivity index (χ2v) is 0.894. The predicted octanol–water partition coefficient (Wildman–Crippen LogP) is 1.95. The highest BCUT2D eigenvalue weighted by Gasteiger charge is 1.58. The highest BCUT2D eigenvalue weighted by molar-refractivity contribution is 4.23. The van der Waals surface area contributed by atoms with Crippen LogP contribution in [0.2, 0.25) is 0 Å². The Kier molecular flexibility index (Phi) is 1240. The lowest BCUT2D eigenvalue weighted by atomic mass is 10.8. The molecule has 0 bridgehead atoms. The van der Waals surface area contributed by atoms with Gasteiger partial charge in [0, 0.05) is 0 Å². The van der Waals surface area contributed by atoms with Crippen LogP contribution in [-0.4, -0.2) is 46.9 Å². The average Bonchev–Trinajstić information content (AvgIpc) is 2.56. The molecule has 4 heteroatoms. The van der Waals surface area contributed by atoms with E-state index in [4.69, 9.17) is 20.4 Å². The summed E-state index contributed by atoms with van der Waals surface area (Å²) in [5, 5.41) is 30.5. The number of aliphatic hydroxyl groups excluding tert-OH is 4. The first-order valence-electron chi connectivity index (χ1n) is 4.76. The van der Waals surface area contributed by atoms with E-state index in [0.717, 1.165) is 0 Å². The Morgan fingerprint density at radius 1 is 0.333 bits per heavy atom. The number of hydrogen-bond donors (Lipinski definition) is 4. The minimum absolute atomic E-state index is 0.125. The van der Waals surface area contributed by atoms with Crippen molar-refractivity contribution in [1.82, 2.24) is 0 Å². The molecule has 4 N–H and O–H groups in total. The van der Waals surface area contributed by atoms with Gasteiger partial charge in [-0.2, -0.15) is 0 Å². The second kappa shape index (κ2) is 509. The van der Waals surface area contributed by atoms with Crippen LogP contribution in [-0.2, 0) is 0 Å². The van der Waals surface area contributed by atoms with Crippen LogP contribution in [0.15, 0.2) is 65.8 Å². The Morgan fingerprint density at radius 2 is 0.389 bits per heavy atom. The molecule has 18 heavy (non-hydrogen) atoms. The van der Waals surface area contributed by atoms with Crippen LogP contribution < -0.4 is 0 Å². The van der Waals surface area contributed by atoms with Crippen LogP contribution in [0.5, 0.6) is 0 Å². The quantitative estimate of drug-likeness (QED) is 0.575.